The van der Waals surface area contributed by atoms with E-state index in [0.717, 1.165) is 61.1 Å². The zero-order valence-corrected chi connectivity index (χ0v) is 18.6. The SMILES string of the molecule is Cc1nc(COc2cccc(C(=O)N3CCCC3c3nnc4n3CCCCC4)c2)cs1. The molecule has 3 aromatic rings. The van der Waals surface area contributed by atoms with Gasteiger partial charge in [0.05, 0.1) is 16.7 Å². The van der Waals surface area contributed by atoms with Gasteiger partial charge in [0.1, 0.15) is 18.2 Å². The third-order valence-electron chi connectivity index (χ3n) is 6.08. The highest BCUT2D eigenvalue weighted by molar-refractivity contribution is 7.09. The van der Waals surface area contributed by atoms with Crippen LogP contribution in [0.2, 0.25) is 0 Å². The van der Waals surface area contributed by atoms with Gasteiger partial charge in [0.2, 0.25) is 0 Å². The van der Waals surface area contributed by atoms with Crippen LogP contribution in [-0.2, 0) is 19.6 Å². The monoisotopic (exact) mass is 437 g/mol. The Morgan fingerprint density at radius 1 is 1.19 bits per heavy atom. The van der Waals surface area contributed by atoms with Crippen molar-refractivity contribution < 1.29 is 9.53 Å². The van der Waals surface area contributed by atoms with Gasteiger partial charge in [-0.25, -0.2) is 4.98 Å². The molecule has 0 radical (unpaired) electrons. The summed E-state index contributed by atoms with van der Waals surface area (Å²) in [5.74, 6) is 2.74. The number of benzene rings is 1. The largest absolute Gasteiger partial charge is 0.487 e. The number of amides is 1. The van der Waals surface area contributed by atoms with Gasteiger partial charge in [-0.3, -0.25) is 4.79 Å². The number of carbonyl (C=O) groups excluding carboxylic acids is 1. The van der Waals surface area contributed by atoms with Gasteiger partial charge in [-0.15, -0.1) is 21.5 Å². The van der Waals surface area contributed by atoms with Crippen molar-refractivity contribution >= 4 is 17.2 Å². The van der Waals surface area contributed by atoms with Gasteiger partial charge in [0, 0.05) is 30.5 Å². The Morgan fingerprint density at radius 3 is 3.00 bits per heavy atom. The molecule has 0 N–H and O–H groups in total. The molecule has 1 unspecified atom stereocenters. The molecule has 8 heteroatoms. The molecule has 1 saturated heterocycles. The molecule has 2 aromatic heterocycles. The maximum absolute atomic E-state index is 13.4. The minimum Gasteiger partial charge on any atom is -0.487 e. The zero-order valence-electron chi connectivity index (χ0n) is 17.8. The Morgan fingerprint density at radius 2 is 2.13 bits per heavy atom. The minimum absolute atomic E-state index is 0.00518. The molecule has 4 heterocycles. The average molecular weight is 438 g/mol. The lowest BCUT2D eigenvalue weighted by atomic mass is 10.1. The first-order valence-electron chi connectivity index (χ1n) is 11.1. The van der Waals surface area contributed by atoms with Crippen molar-refractivity contribution in [3.8, 4) is 5.75 Å². The lowest BCUT2D eigenvalue weighted by Gasteiger charge is -2.25. The Hall–Kier alpha value is -2.74. The molecule has 1 atom stereocenters. The van der Waals surface area contributed by atoms with Crippen molar-refractivity contribution in [2.45, 2.75) is 64.6 Å². The summed E-state index contributed by atoms with van der Waals surface area (Å²) in [4.78, 5) is 19.8. The van der Waals surface area contributed by atoms with E-state index in [1.807, 2.05) is 41.5 Å². The Kier molecular flexibility index (Phi) is 5.72. The molecule has 0 bridgehead atoms. The molecule has 162 valence electrons. The van der Waals surface area contributed by atoms with E-state index < -0.39 is 0 Å². The standard InChI is InChI=1S/C23H27N5O2S/c1-16-24-18(15-31-16)14-30-19-8-5-7-17(13-19)23(29)27-12-6-9-20(27)22-26-25-21-10-3-2-4-11-28(21)22/h5,7-8,13,15,20H,2-4,6,9-12,14H2,1H3. The van der Waals surface area contributed by atoms with E-state index in [9.17, 15) is 4.79 Å². The number of thiazole rings is 1. The number of rotatable bonds is 5. The van der Waals surface area contributed by atoms with Crippen LogP contribution in [-0.4, -0.2) is 37.1 Å². The normalized spacial score (nSPS) is 18.6. The van der Waals surface area contributed by atoms with Crippen LogP contribution in [0.25, 0.3) is 0 Å². The van der Waals surface area contributed by atoms with Crippen LogP contribution < -0.4 is 4.74 Å². The predicted octanol–water partition coefficient (Wildman–Crippen LogP) is 4.33. The summed E-state index contributed by atoms with van der Waals surface area (Å²) in [7, 11) is 0. The summed E-state index contributed by atoms with van der Waals surface area (Å²) >= 11 is 1.61. The number of aryl methyl sites for hydroxylation is 2. The molecule has 2 aliphatic heterocycles. The van der Waals surface area contributed by atoms with Gasteiger partial charge in [0.15, 0.2) is 5.82 Å². The smallest absolute Gasteiger partial charge is 0.254 e. The highest BCUT2D eigenvalue weighted by atomic mass is 32.1. The fourth-order valence-corrected chi connectivity index (χ4v) is 5.15. The van der Waals surface area contributed by atoms with Crippen molar-refractivity contribution in [2.24, 2.45) is 0 Å². The van der Waals surface area contributed by atoms with Crippen molar-refractivity contribution in [1.29, 1.82) is 0 Å². The summed E-state index contributed by atoms with van der Waals surface area (Å²) in [6, 6.07) is 7.46. The van der Waals surface area contributed by atoms with Crippen molar-refractivity contribution in [3.63, 3.8) is 0 Å². The predicted molar refractivity (Wildman–Crippen MR) is 118 cm³/mol. The molecule has 1 aromatic carbocycles. The van der Waals surface area contributed by atoms with Crippen LogP contribution in [0.15, 0.2) is 29.6 Å². The highest BCUT2D eigenvalue weighted by Gasteiger charge is 2.35. The first-order valence-corrected chi connectivity index (χ1v) is 11.9. The van der Waals surface area contributed by atoms with Crippen LogP contribution in [0, 0.1) is 6.92 Å². The minimum atomic E-state index is -0.00518. The molecule has 5 rings (SSSR count). The number of ether oxygens (including phenoxy) is 1. The molecule has 0 aliphatic carbocycles. The number of hydrogen-bond acceptors (Lipinski definition) is 6. The lowest BCUT2D eigenvalue weighted by molar-refractivity contribution is 0.0726. The van der Waals surface area contributed by atoms with Crippen LogP contribution in [0.5, 0.6) is 5.75 Å². The second kappa shape index (κ2) is 8.78. The van der Waals surface area contributed by atoms with E-state index in [2.05, 4.69) is 19.7 Å². The molecule has 2 aliphatic rings. The third kappa shape index (κ3) is 4.21. The Balaban J connectivity index is 1.33. The topological polar surface area (TPSA) is 73.1 Å². The van der Waals surface area contributed by atoms with Crippen molar-refractivity contribution in [1.82, 2.24) is 24.6 Å². The number of fused-ring (bicyclic) bond motifs is 1. The Bertz CT molecular complexity index is 1080. The van der Waals surface area contributed by atoms with Crippen LogP contribution in [0.3, 0.4) is 0 Å². The van der Waals surface area contributed by atoms with Gasteiger partial charge in [-0.2, -0.15) is 0 Å². The number of nitrogens with zero attached hydrogens (tertiary/aromatic N) is 5. The van der Waals surface area contributed by atoms with Crippen LogP contribution in [0.1, 0.15) is 70.9 Å². The second-order valence-corrected chi connectivity index (χ2v) is 9.33. The molecule has 0 saturated carbocycles. The lowest BCUT2D eigenvalue weighted by Crippen LogP contribution is -2.32. The van der Waals surface area contributed by atoms with Crippen molar-refractivity contribution in [2.75, 3.05) is 6.54 Å². The van der Waals surface area contributed by atoms with Crippen LogP contribution >= 0.6 is 11.3 Å². The van der Waals surface area contributed by atoms with E-state index in [1.165, 1.54) is 12.8 Å². The van der Waals surface area contributed by atoms with Crippen LogP contribution in [0.4, 0.5) is 0 Å². The first kappa shape index (κ1) is 20.2. The summed E-state index contributed by atoms with van der Waals surface area (Å²) in [5.41, 5.74) is 1.56. The molecule has 1 fully saturated rings. The van der Waals surface area contributed by atoms with Gasteiger partial charge < -0.3 is 14.2 Å². The number of likely N-dealkylation sites (tertiary alicyclic amines) is 1. The second-order valence-electron chi connectivity index (χ2n) is 8.27. The number of hydrogen-bond donors (Lipinski definition) is 0. The highest BCUT2D eigenvalue weighted by Crippen LogP contribution is 2.34. The fraction of sp³-hybridized carbons (Fsp3) is 0.478. The molecule has 31 heavy (non-hydrogen) atoms. The van der Waals surface area contributed by atoms with Gasteiger partial charge in [-0.05, 0) is 50.8 Å². The molecule has 1 amide bonds. The molecular weight excluding hydrogens is 410 g/mol. The van der Waals surface area contributed by atoms with Crippen molar-refractivity contribution in [3.05, 3.63) is 57.6 Å². The quantitative estimate of drug-likeness (QED) is 0.594. The van der Waals surface area contributed by atoms with E-state index in [-0.39, 0.29) is 11.9 Å². The first-order chi connectivity index (χ1) is 15.2. The Labute approximate surface area is 186 Å². The van der Waals surface area contributed by atoms with Gasteiger partial charge in [0.25, 0.3) is 5.91 Å². The average Bonchev–Trinajstić information content (AvgIpc) is 3.48. The third-order valence-corrected chi connectivity index (χ3v) is 6.91. The number of carbonyl (C=O) groups is 1. The summed E-state index contributed by atoms with van der Waals surface area (Å²) < 4.78 is 8.16. The van der Waals surface area contributed by atoms with E-state index in [1.54, 1.807) is 11.3 Å². The molecule has 7 nitrogen and oxygen atoms in total. The van der Waals surface area contributed by atoms with Gasteiger partial charge in [-0.1, -0.05) is 12.5 Å². The fourth-order valence-electron chi connectivity index (χ4n) is 4.55. The van der Waals surface area contributed by atoms with E-state index >= 15 is 0 Å². The van der Waals surface area contributed by atoms with E-state index in [0.29, 0.717) is 17.9 Å². The molecule has 0 spiro atoms. The number of aromatic nitrogens is 4. The zero-order chi connectivity index (χ0) is 21.2. The summed E-state index contributed by atoms with van der Waals surface area (Å²) in [6.45, 7) is 4.08. The van der Waals surface area contributed by atoms with Gasteiger partial charge >= 0.3 is 0 Å². The van der Waals surface area contributed by atoms with E-state index in [4.69, 9.17) is 4.74 Å². The summed E-state index contributed by atoms with van der Waals surface area (Å²) in [5, 5.41) is 12.0. The maximum atomic E-state index is 13.4. The maximum Gasteiger partial charge on any atom is 0.254 e. The summed E-state index contributed by atoms with van der Waals surface area (Å²) in [6.07, 6.45) is 6.44. The molecular formula is C23H27N5O2S.